The van der Waals surface area contributed by atoms with Gasteiger partial charge in [-0.3, -0.25) is 4.79 Å². The van der Waals surface area contributed by atoms with E-state index in [9.17, 15) is 4.79 Å². The molecule has 3 atom stereocenters. The molecule has 0 aromatic heterocycles. The van der Waals surface area contributed by atoms with Gasteiger partial charge in [-0.15, -0.1) is 0 Å². The van der Waals surface area contributed by atoms with Crippen LogP contribution in [0.4, 0.5) is 0 Å². The summed E-state index contributed by atoms with van der Waals surface area (Å²) < 4.78 is 0. The molecule has 0 saturated heterocycles. The molecule has 0 radical (unpaired) electrons. The third kappa shape index (κ3) is 3.82. The minimum Gasteiger partial charge on any atom is -0.353 e. The maximum Gasteiger partial charge on any atom is 0.226 e. The van der Waals surface area contributed by atoms with Crippen molar-refractivity contribution >= 4 is 5.91 Å². The highest BCUT2D eigenvalue weighted by atomic mass is 16.2. The highest BCUT2D eigenvalue weighted by molar-refractivity contribution is 5.83. The van der Waals surface area contributed by atoms with Crippen LogP contribution >= 0.6 is 0 Å². The zero-order chi connectivity index (χ0) is 19.1. The summed E-state index contributed by atoms with van der Waals surface area (Å²) in [7, 11) is 0. The summed E-state index contributed by atoms with van der Waals surface area (Å²) in [6.45, 7) is 7.12. The number of fused-ring (bicyclic) bond motifs is 2. The molecule has 3 aliphatic rings. The van der Waals surface area contributed by atoms with Crippen LogP contribution in [0.1, 0.15) is 90.5 Å². The number of rotatable bonds is 3. The fourth-order valence-corrected chi connectivity index (χ4v) is 7.10. The zero-order valence-electron chi connectivity index (χ0n) is 17.5. The van der Waals surface area contributed by atoms with Crippen molar-refractivity contribution in [2.45, 2.75) is 96.4 Å². The van der Waals surface area contributed by atoms with E-state index in [1.165, 1.54) is 56.9 Å². The van der Waals surface area contributed by atoms with Crippen molar-refractivity contribution in [3.8, 4) is 0 Å². The van der Waals surface area contributed by atoms with Gasteiger partial charge in [-0.2, -0.15) is 0 Å². The Morgan fingerprint density at radius 1 is 0.926 bits per heavy atom. The minimum absolute atomic E-state index is 0.157. The molecule has 1 N–H and O–H groups in total. The highest BCUT2D eigenvalue weighted by Gasteiger charge is 2.55. The van der Waals surface area contributed by atoms with E-state index in [-0.39, 0.29) is 10.8 Å². The van der Waals surface area contributed by atoms with Gasteiger partial charge in [0.15, 0.2) is 0 Å². The van der Waals surface area contributed by atoms with Gasteiger partial charge in [0.2, 0.25) is 5.91 Å². The molecule has 1 aromatic rings. The molecule has 3 unspecified atom stereocenters. The Kier molecular flexibility index (Phi) is 4.89. The first-order chi connectivity index (χ1) is 12.8. The minimum atomic E-state index is -0.229. The second kappa shape index (κ2) is 6.94. The Balaban J connectivity index is 1.61. The molecule has 1 aromatic carbocycles. The quantitative estimate of drug-likeness (QED) is 0.697. The average Bonchev–Trinajstić information content (AvgIpc) is 2.61. The Bertz CT molecular complexity index is 675. The van der Waals surface area contributed by atoms with Crippen LogP contribution in [0.2, 0.25) is 0 Å². The molecule has 3 saturated carbocycles. The zero-order valence-corrected chi connectivity index (χ0v) is 17.5. The van der Waals surface area contributed by atoms with Crippen LogP contribution in [-0.2, 0) is 10.2 Å². The molecule has 0 heterocycles. The number of carbonyl (C=O) groups is 1. The third-order valence-corrected chi connectivity index (χ3v) is 7.68. The van der Waals surface area contributed by atoms with Crippen molar-refractivity contribution in [3.05, 3.63) is 35.9 Å². The normalized spacial score (nSPS) is 36.2. The number of hydrogen-bond donors (Lipinski definition) is 1. The molecule has 1 amide bonds. The summed E-state index contributed by atoms with van der Waals surface area (Å²) in [5.74, 6) is 0.990. The van der Waals surface area contributed by atoms with Crippen molar-refractivity contribution in [1.29, 1.82) is 0 Å². The SMILES string of the molecule is CC1(C)CC2CC(C)(C(=O)NC3CCCCC3)CC(c3ccccc3)(C2)C1. The van der Waals surface area contributed by atoms with E-state index in [1.807, 2.05) is 0 Å². The van der Waals surface area contributed by atoms with E-state index >= 15 is 0 Å². The molecule has 2 nitrogen and oxygen atoms in total. The summed E-state index contributed by atoms with van der Waals surface area (Å²) in [4.78, 5) is 13.4. The van der Waals surface area contributed by atoms with Crippen molar-refractivity contribution in [2.24, 2.45) is 16.7 Å². The second-order valence-electron chi connectivity index (χ2n) is 11.0. The molecular formula is C25H37NO. The summed E-state index contributed by atoms with van der Waals surface area (Å²) >= 11 is 0. The average molecular weight is 368 g/mol. The number of nitrogens with one attached hydrogen (secondary N) is 1. The van der Waals surface area contributed by atoms with Crippen molar-refractivity contribution < 1.29 is 4.79 Å². The maximum absolute atomic E-state index is 13.4. The van der Waals surface area contributed by atoms with Crippen LogP contribution in [0.5, 0.6) is 0 Å². The van der Waals surface area contributed by atoms with Crippen molar-refractivity contribution in [1.82, 2.24) is 5.32 Å². The lowest BCUT2D eigenvalue weighted by molar-refractivity contribution is -0.138. The van der Waals surface area contributed by atoms with E-state index in [4.69, 9.17) is 0 Å². The van der Waals surface area contributed by atoms with Crippen LogP contribution < -0.4 is 5.32 Å². The third-order valence-electron chi connectivity index (χ3n) is 7.68. The van der Waals surface area contributed by atoms with Gasteiger partial charge in [-0.25, -0.2) is 0 Å². The number of hydrogen-bond acceptors (Lipinski definition) is 1. The standard InChI is InChI=1S/C25H37NO/c1-23(2)14-19-15-24(3,22(27)26-21-12-8-5-9-13-21)18-25(16-19,17-23)20-10-6-4-7-11-20/h4,6-7,10-11,19,21H,5,8-9,12-18H2,1-3H3,(H,26,27). The Hall–Kier alpha value is -1.31. The molecule has 4 rings (SSSR count). The Morgan fingerprint density at radius 3 is 2.33 bits per heavy atom. The molecular weight excluding hydrogens is 330 g/mol. The van der Waals surface area contributed by atoms with Crippen LogP contribution in [0.25, 0.3) is 0 Å². The Morgan fingerprint density at radius 2 is 1.63 bits per heavy atom. The van der Waals surface area contributed by atoms with Crippen molar-refractivity contribution in [2.75, 3.05) is 0 Å². The van der Waals surface area contributed by atoms with Gasteiger partial charge in [0, 0.05) is 11.5 Å². The van der Waals surface area contributed by atoms with Gasteiger partial charge >= 0.3 is 0 Å². The molecule has 3 fully saturated rings. The summed E-state index contributed by atoms with van der Waals surface area (Å²) in [6.07, 6.45) is 12.0. The smallest absolute Gasteiger partial charge is 0.226 e. The lowest BCUT2D eigenvalue weighted by Gasteiger charge is -2.57. The molecule has 0 spiro atoms. The van der Waals surface area contributed by atoms with Crippen LogP contribution in [-0.4, -0.2) is 11.9 Å². The molecule has 0 aliphatic heterocycles. The van der Waals surface area contributed by atoms with Gasteiger partial charge < -0.3 is 5.32 Å². The summed E-state index contributed by atoms with van der Waals surface area (Å²) in [6, 6.07) is 11.5. The predicted octanol–water partition coefficient (Wildman–Crippen LogP) is 6.00. The molecule has 3 aliphatic carbocycles. The number of benzene rings is 1. The largest absolute Gasteiger partial charge is 0.353 e. The van der Waals surface area contributed by atoms with Gasteiger partial charge in [0.25, 0.3) is 0 Å². The van der Waals surface area contributed by atoms with Crippen molar-refractivity contribution in [3.63, 3.8) is 0 Å². The van der Waals surface area contributed by atoms with Crippen LogP contribution in [0.3, 0.4) is 0 Å². The molecule has 2 heteroatoms. The van der Waals surface area contributed by atoms with Gasteiger partial charge in [0.1, 0.15) is 0 Å². The first kappa shape index (κ1) is 19.0. The lowest BCUT2D eigenvalue weighted by Crippen LogP contribution is -2.55. The van der Waals surface area contributed by atoms with Gasteiger partial charge in [0.05, 0.1) is 0 Å². The van der Waals surface area contributed by atoms with E-state index in [2.05, 4.69) is 56.4 Å². The van der Waals surface area contributed by atoms with E-state index in [1.54, 1.807) is 0 Å². The van der Waals surface area contributed by atoms with Gasteiger partial charge in [-0.05, 0) is 67.3 Å². The topological polar surface area (TPSA) is 29.1 Å². The highest BCUT2D eigenvalue weighted by Crippen LogP contribution is 2.61. The summed E-state index contributed by atoms with van der Waals surface area (Å²) in [5.41, 5.74) is 1.75. The fraction of sp³-hybridized carbons (Fsp3) is 0.720. The number of carbonyl (C=O) groups excluding carboxylic acids is 1. The van der Waals surface area contributed by atoms with E-state index in [0.29, 0.717) is 23.3 Å². The fourth-order valence-electron chi connectivity index (χ4n) is 7.10. The lowest BCUT2D eigenvalue weighted by atomic mass is 9.47. The maximum atomic E-state index is 13.4. The molecule has 148 valence electrons. The second-order valence-corrected chi connectivity index (χ2v) is 11.0. The van der Waals surface area contributed by atoms with Gasteiger partial charge in [-0.1, -0.05) is 70.4 Å². The predicted molar refractivity (Wildman–Crippen MR) is 112 cm³/mol. The first-order valence-electron chi connectivity index (χ1n) is 11.2. The molecule has 2 bridgehead atoms. The van der Waals surface area contributed by atoms with E-state index in [0.717, 1.165) is 12.8 Å². The molecule has 27 heavy (non-hydrogen) atoms. The van der Waals surface area contributed by atoms with Crippen LogP contribution in [0.15, 0.2) is 30.3 Å². The Labute approximate surface area is 165 Å². The van der Waals surface area contributed by atoms with Crippen LogP contribution in [0, 0.1) is 16.7 Å². The summed E-state index contributed by atoms with van der Waals surface area (Å²) in [5, 5.41) is 3.47. The first-order valence-corrected chi connectivity index (χ1v) is 11.2. The monoisotopic (exact) mass is 367 g/mol. The van der Waals surface area contributed by atoms with E-state index < -0.39 is 0 Å². The number of amides is 1.